The molecule has 3 aromatic carbocycles. The summed E-state index contributed by atoms with van der Waals surface area (Å²) in [5.41, 5.74) is 3.31. The minimum atomic E-state index is -0.272. The first-order chi connectivity index (χ1) is 16.5. The molecule has 0 saturated carbocycles. The Morgan fingerprint density at radius 1 is 0.971 bits per heavy atom. The third-order valence-corrected chi connectivity index (χ3v) is 5.56. The first kappa shape index (κ1) is 21.5. The van der Waals surface area contributed by atoms with E-state index in [4.69, 9.17) is 21.1 Å². The quantitative estimate of drug-likeness (QED) is 0.370. The molecule has 0 fully saturated rings. The topological polar surface area (TPSA) is 105 Å². The lowest BCUT2D eigenvalue weighted by Crippen LogP contribution is -2.15. The van der Waals surface area contributed by atoms with Crippen LogP contribution in [0.5, 0.6) is 11.5 Å². The molecule has 170 valence electrons. The second-order valence-electron chi connectivity index (χ2n) is 7.62. The van der Waals surface area contributed by atoms with Gasteiger partial charge in [-0.3, -0.25) is 14.6 Å². The summed E-state index contributed by atoms with van der Waals surface area (Å²) < 4.78 is 10.6. The van der Waals surface area contributed by atoms with E-state index in [1.165, 1.54) is 0 Å². The number of nitrogens with zero attached hydrogens (tertiary/aromatic N) is 1. The third-order valence-electron chi connectivity index (χ3n) is 5.31. The predicted molar refractivity (Wildman–Crippen MR) is 130 cm³/mol. The first-order valence-electron chi connectivity index (χ1n) is 10.4. The molecular formula is C25H19ClN4O4. The molecule has 0 radical (unpaired) electrons. The Labute approximate surface area is 199 Å². The molecule has 1 amide bonds. The number of hydrogen-bond donors (Lipinski definition) is 3. The third kappa shape index (κ3) is 4.44. The Bertz CT molecular complexity index is 1430. The molecular weight excluding hydrogens is 456 g/mol. The number of aromatic amines is 1. The molecule has 0 spiro atoms. The molecule has 2 heterocycles. The number of carbonyl (C=O) groups is 1. The standard InChI is InChI=1S/C25H19ClN4O4/c1-14-22(29-25(30-23(14)31)28-19-9-5-17(26)6-10-19)15-2-7-18(8-3-15)27-24(32)16-4-11-20-21(12-16)34-13-33-20/h2-12H,13H2,1H3,(H,27,32)(H2,28,29,30,31). The molecule has 1 aliphatic heterocycles. The minimum absolute atomic E-state index is 0.147. The fourth-order valence-corrected chi connectivity index (χ4v) is 3.62. The van der Waals surface area contributed by atoms with Gasteiger partial charge in [0.25, 0.3) is 11.5 Å². The van der Waals surface area contributed by atoms with Gasteiger partial charge in [-0.2, -0.15) is 0 Å². The van der Waals surface area contributed by atoms with Crippen molar-refractivity contribution in [2.75, 3.05) is 17.4 Å². The van der Waals surface area contributed by atoms with Crippen molar-refractivity contribution in [3.8, 4) is 22.8 Å². The number of fused-ring (bicyclic) bond motifs is 1. The Kier molecular flexibility index (Phi) is 5.65. The number of aromatic nitrogens is 2. The molecule has 1 aromatic heterocycles. The summed E-state index contributed by atoms with van der Waals surface area (Å²) in [5.74, 6) is 1.20. The maximum absolute atomic E-state index is 12.6. The number of amides is 1. The van der Waals surface area contributed by atoms with Gasteiger partial charge in [0.15, 0.2) is 11.5 Å². The fourth-order valence-electron chi connectivity index (χ4n) is 3.50. The van der Waals surface area contributed by atoms with E-state index in [-0.39, 0.29) is 18.3 Å². The lowest BCUT2D eigenvalue weighted by molar-refractivity contribution is 0.102. The van der Waals surface area contributed by atoms with Crippen LogP contribution in [-0.2, 0) is 0 Å². The van der Waals surface area contributed by atoms with Crippen molar-refractivity contribution in [2.45, 2.75) is 6.92 Å². The normalized spacial score (nSPS) is 11.8. The van der Waals surface area contributed by atoms with E-state index in [0.717, 1.165) is 11.3 Å². The number of benzene rings is 3. The van der Waals surface area contributed by atoms with Gasteiger partial charge >= 0.3 is 0 Å². The summed E-state index contributed by atoms with van der Waals surface area (Å²) in [6, 6.07) is 19.2. The average Bonchev–Trinajstić information content (AvgIpc) is 3.31. The van der Waals surface area contributed by atoms with Gasteiger partial charge in [-0.05, 0) is 61.5 Å². The molecule has 0 aliphatic carbocycles. The van der Waals surface area contributed by atoms with Crippen LogP contribution in [0.4, 0.5) is 17.3 Å². The van der Waals surface area contributed by atoms with Crippen LogP contribution < -0.4 is 25.7 Å². The minimum Gasteiger partial charge on any atom is -0.454 e. The van der Waals surface area contributed by atoms with Crippen LogP contribution in [0.3, 0.4) is 0 Å². The zero-order valence-corrected chi connectivity index (χ0v) is 18.8. The van der Waals surface area contributed by atoms with Gasteiger partial charge in [0.05, 0.1) is 5.69 Å². The zero-order chi connectivity index (χ0) is 23.7. The molecule has 3 N–H and O–H groups in total. The smallest absolute Gasteiger partial charge is 0.255 e. The lowest BCUT2D eigenvalue weighted by atomic mass is 10.1. The van der Waals surface area contributed by atoms with Crippen LogP contribution in [0.1, 0.15) is 15.9 Å². The van der Waals surface area contributed by atoms with Crippen LogP contribution in [0, 0.1) is 6.92 Å². The molecule has 0 bridgehead atoms. The van der Waals surface area contributed by atoms with E-state index in [9.17, 15) is 9.59 Å². The van der Waals surface area contributed by atoms with E-state index in [2.05, 4.69) is 20.6 Å². The number of nitrogens with one attached hydrogen (secondary N) is 3. The first-order valence-corrected chi connectivity index (χ1v) is 10.8. The van der Waals surface area contributed by atoms with Crippen molar-refractivity contribution in [2.24, 2.45) is 0 Å². The van der Waals surface area contributed by atoms with Crippen molar-refractivity contribution >= 4 is 34.8 Å². The predicted octanol–water partition coefficient (Wildman–Crippen LogP) is 5.12. The fraction of sp³-hybridized carbons (Fsp3) is 0.0800. The Hall–Kier alpha value is -4.30. The summed E-state index contributed by atoms with van der Waals surface area (Å²) in [5, 5.41) is 6.55. The van der Waals surface area contributed by atoms with Crippen LogP contribution in [0.25, 0.3) is 11.3 Å². The van der Waals surface area contributed by atoms with Crippen molar-refractivity contribution in [1.82, 2.24) is 9.97 Å². The van der Waals surface area contributed by atoms with Crippen molar-refractivity contribution in [3.05, 3.63) is 93.2 Å². The summed E-state index contributed by atoms with van der Waals surface area (Å²) in [4.78, 5) is 32.4. The zero-order valence-electron chi connectivity index (χ0n) is 18.0. The molecule has 8 nitrogen and oxygen atoms in total. The second kappa shape index (κ2) is 8.92. The van der Waals surface area contributed by atoms with Gasteiger partial charge in [0, 0.05) is 33.1 Å². The number of carbonyl (C=O) groups excluding carboxylic acids is 1. The number of rotatable bonds is 5. The highest BCUT2D eigenvalue weighted by atomic mass is 35.5. The maximum atomic E-state index is 12.6. The molecule has 1 aliphatic rings. The Balaban J connectivity index is 1.35. The van der Waals surface area contributed by atoms with Crippen LogP contribution in [-0.4, -0.2) is 22.7 Å². The monoisotopic (exact) mass is 474 g/mol. The van der Waals surface area contributed by atoms with Gasteiger partial charge in [0.1, 0.15) is 0 Å². The van der Waals surface area contributed by atoms with Gasteiger partial charge in [-0.1, -0.05) is 23.7 Å². The maximum Gasteiger partial charge on any atom is 0.255 e. The molecule has 9 heteroatoms. The summed E-state index contributed by atoms with van der Waals surface area (Å²) in [6.07, 6.45) is 0. The molecule has 0 atom stereocenters. The van der Waals surface area contributed by atoms with E-state index < -0.39 is 0 Å². The van der Waals surface area contributed by atoms with E-state index >= 15 is 0 Å². The van der Waals surface area contributed by atoms with E-state index in [1.54, 1.807) is 73.7 Å². The molecule has 34 heavy (non-hydrogen) atoms. The molecule has 0 saturated heterocycles. The van der Waals surface area contributed by atoms with Crippen molar-refractivity contribution in [3.63, 3.8) is 0 Å². The largest absolute Gasteiger partial charge is 0.454 e. The number of halogens is 1. The van der Waals surface area contributed by atoms with Crippen molar-refractivity contribution in [1.29, 1.82) is 0 Å². The van der Waals surface area contributed by atoms with Gasteiger partial charge in [-0.15, -0.1) is 0 Å². The second-order valence-corrected chi connectivity index (χ2v) is 8.06. The van der Waals surface area contributed by atoms with Crippen LogP contribution in [0.2, 0.25) is 5.02 Å². The van der Waals surface area contributed by atoms with E-state index in [1.807, 2.05) is 0 Å². The molecule has 0 unspecified atom stereocenters. The SMILES string of the molecule is Cc1c(-c2ccc(NC(=O)c3ccc4c(c3)OCO4)cc2)nc(Nc2ccc(Cl)cc2)[nH]c1=O. The van der Waals surface area contributed by atoms with Gasteiger partial charge in [0.2, 0.25) is 12.7 Å². The van der Waals surface area contributed by atoms with E-state index in [0.29, 0.717) is 45.0 Å². The summed E-state index contributed by atoms with van der Waals surface area (Å²) in [6.45, 7) is 1.86. The average molecular weight is 475 g/mol. The lowest BCUT2D eigenvalue weighted by Gasteiger charge is -2.11. The highest BCUT2D eigenvalue weighted by Gasteiger charge is 2.16. The highest BCUT2D eigenvalue weighted by molar-refractivity contribution is 6.30. The number of hydrogen-bond acceptors (Lipinski definition) is 6. The van der Waals surface area contributed by atoms with Gasteiger partial charge < -0.3 is 20.1 Å². The Morgan fingerprint density at radius 3 is 2.44 bits per heavy atom. The molecule has 4 aromatic rings. The van der Waals surface area contributed by atoms with Crippen molar-refractivity contribution < 1.29 is 14.3 Å². The van der Waals surface area contributed by atoms with Crippen LogP contribution in [0.15, 0.2) is 71.5 Å². The van der Waals surface area contributed by atoms with Gasteiger partial charge in [-0.25, -0.2) is 4.98 Å². The summed E-state index contributed by atoms with van der Waals surface area (Å²) >= 11 is 5.93. The number of ether oxygens (including phenoxy) is 2. The highest BCUT2D eigenvalue weighted by Crippen LogP contribution is 2.32. The van der Waals surface area contributed by atoms with Crippen LogP contribution >= 0.6 is 11.6 Å². The number of H-pyrrole nitrogens is 1. The Morgan fingerprint density at radius 2 is 1.68 bits per heavy atom. The number of anilines is 3. The summed E-state index contributed by atoms with van der Waals surface area (Å²) in [7, 11) is 0. The molecule has 5 rings (SSSR count).